The number of nitrogens with two attached hydrogens (primary N) is 1. The third-order valence-electron chi connectivity index (χ3n) is 5.66. The number of anilines is 2. The summed E-state index contributed by atoms with van der Waals surface area (Å²) in [5, 5.41) is 4.75. The van der Waals surface area contributed by atoms with Gasteiger partial charge in [0.2, 0.25) is 5.95 Å². The van der Waals surface area contributed by atoms with E-state index >= 15 is 0 Å². The number of fused-ring (bicyclic) bond motifs is 6. The number of rotatable bonds is 2. The highest BCUT2D eigenvalue weighted by Crippen LogP contribution is 2.66. The summed E-state index contributed by atoms with van der Waals surface area (Å²) < 4.78 is 0. The van der Waals surface area contributed by atoms with E-state index in [1.165, 1.54) is 19.3 Å². The number of benzene rings is 1. The minimum Gasteiger partial charge on any atom is -0.368 e. The predicted molar refractivity (Wildman–Crippen MR) is 79.2 cm³/mol. The number of hydrogen-bond acceptors (Lipinski definition) is 4. The van der Waals surface area contributed by atoms with E-state index < -0.39 is 0 Å². The van der Waals surface area contributed by atoms with E-state index in [-0.39, 0.29) is 0 Å². The van der Waals surface area contributed by atoms with Crippen LogP contribution in [0.4, 0.5) is 11.8 Å². The Balaban J connectivity index is 1.50. The number of nitrogens with zero attached hydrogens (tertiary/aromatic N) is 2. The van der Waals surface area contributed by atoms with Crippen molar-refractivity contribution in [1.82, 2.24) is 9.97 Å². The van der Waals surface area contributed by atoms with E-state index in [2.05, 4.69) is 21.4 Å². The zero-order valence-corrected chi connectivity index (χ0v) is 11.3. The number of hydrogen-bond donors (Lipinski definition) is 2. The van der Waals surface area contributed by atoms with Crippen LogP contribution in [0.2, 0.25) is 0 Å². The van der Waals surface area contributed by atoms with E-state index in [1.807, 2.05) is 18.2 Å². The average Bonchev–Trinajstić information content (AvgIpc) is 2.83. The fourth-order valence-corrected chi connectivity index (χ4v) is 4.88. The second kappa shape index (κ2) is 3.62. The smallest absolute Gasteiger partial charge is 0.222 e. The molecule has 20 heavy (non-hydrogen) atoms. The molecule has 1 aromatic heterocycles. The Morgan fingerprint density at radius 3 is 2.60 bits per heavy atom. The van der Waals surface area contributed by atoms with Crippen LogP contribution in [0.5, 0.6) is 0 Å². The third kappa shape index (κ3) is 1.37. The van der Waals surface area contributed by atoms with E-state index in [1.54, 1.807) is 0 Å². The number of nitrogens with one attached hydrogen (secondary N) is 1. The van der Waals surface area contributed by atoms with Gasteiger partial charge in [-0.3, -0.25) is 0 Å². The van der Waals surface area contributed by atoms with Crippen molar-refractivity contribution in [3.05, 3.63) is 24.3 Å². The lowest BCUT2D eigenvalue weighted by Gasteiger charge is -2.13. The monoisotopic (exact) mass is 266 g/mol. The lowest BCUT2D eigenvalue weighted by Crippen LogP contribution is -2.14. The molecule has 0 amide bonds. The van der Waals surface area contributed by atoms with Gasteiger partial charge < -0.3 is 11.1 Å². The minimum atomic E-state index is 0.361. The highest BCUT2D eigenvalue weighted by Gasteiger charge is 2.65. The molecule has 0 spiro atoms. The molecule has 3 aliphatic carbocycles. The number of para-hydroxylation sites is 1. The molecule has 4 atom stereocenters. The fraction of sp³-hybridized carbons (Fsp3) is 0.500. The summed E-state index contributed by atoms with van der Waals surface area (Å²) in [6.07, 6.45) is 4.35. The van der Waals surface area contributed by atoms with E-state index in [4.69, 9.17) is 5.73 Å². The molecule has 0 radical (unpaired) electrons. The summed E-state index contributed by atoms with van der Waals surface area (Å²) in [5.74, 6) is 5.00. The molecular weight excluding hydrogens is 248 g/mol. The first kappa shape index (κ1) is 10.9. The van der Waals surface area contributed by atoms with Gasteiger partial charge in [0, 0.05) is 11.4 Å². The van der Waals surface area contributed by atoms with Crippen molar-refractivity contribution in [2.24, 2.45) is 23.7 Å². The molecule has 4 nitrogen and oxygen atoms in total. The molecule has 0 saturated heterocycles. The van der Waals surface area contributed by atoms with Gasteiger partial charge in [-0.1, -0.05) is 12.1 Å². The summed E-state index contributed by atoms with van der Waals surface area (Å²) in [7, 11) is 0. The van der Waals surface area contributed by atoms with Crippen LogP contribution < -0.4 is 11.1 Å². The zero-order valence-electron chi connectivity index (χ0n) is 11.3. The fourth-order valence-electron chi connectivity index (χ4n) is 4.88. The quantitative estimate of drug-likeness (QED) is 0.877. The van der Waals surface area contributed by atoms with E-state index in [9.17, 15) is 0 Å². The largest absolute Gasteiger partial charge is 0.368 e. The van der Waals surface area contributed by atoms with E-state index in [0.717, 1.165) is 40.4 Å². The van der Waals surface area contributed by atoms with Crippen molar-refractivity contribution in [3.63, 3.8) is 0 Å². The van der Waals surface area contributed by atoms with Crippen LogP contribution in [-0.2, 0) is 0 Å². The van der Waals surface area contributed by atoms with Crippen LogP contribution in [0.1, 0.15) is 19.3 Å². The Bertz CT molecular complexity index is 682. The first-order valence-corrected chi connectivity index (χ1v) is 7.60. The maximum atomic E-state index is 5.84. The molecule has 3 N–H and O–H groups in total. The van der Waals surface area contributed by atoms with E-state index in [0.29, 0.717) is 12.0 Å². The van der Waals surface area contributed by atoms with Gasteiger partial charge in [-0.15, -0.1) is 0 Å². The van der Waals surface area contributed by atoms with Gasteiger partial charge in [-0.05, 0) is 55.1 Å². The van der Waals surface area contributed by atoms with Crippen molar-refractivity contribution >= 4 is 22.7 Å². The van der Waals surface area contributed by atoms with Crippen molar-refractivity contribution < 1.29 is 0 Å². The molecule has 102 valence electrons. The Morgan fingerprint density at radius 1 is 1.05 bits per heavy atom. The Kier molecular flexibility index (Phi) is 1.97. The first-order valence-electron chi connectivity index (χ1n) is 7.60. The van der Waals surface area contributed by atoms with Crippen LogP contribution in [0.3, 0.4) is 0 Å². The maximum absolute atomic E-state index is 5.84. The molecule has 4 heteroatoms. The SMILES string of the molecule is Nc1nc(NC2C3C4CCC(C4)C23)c2ccccc2n1. The normalized spacial score (nSPS) is 37.1. The first-order chi connectivity index (χ1) is 9.81. The minimum absolute atomic E-state index is 0.361. The number of aromatic nitrogens is 2. The van der Waals surface area contributed by atoms with Crippen molar-refractivity contribution in [3.8, 4) is 0 Å². The summed E-state index contributed by atoms with van der Waals surface area (Å²) in [6, 6.07) is 8.72. The second-order valence-electron chi connectivity index (χ2n) is 6.61. The second-order valence-corrected chi connectivity index (χ2v) is 6.61. The third-order valence-corrected chi connectivity index (χ3v) is 5.66. The Labute approximate surface area is 117 Å². The molecule has 0 aliphatic heterocycles. The predicted octanol–water partition coefficient (Wildman–Crippen LogP) is 2.67. The Morgan fingerprint density at radius 2 is 1.80 bits per heavy atom. The van der Waals surface area contributed by atoms with Crippen molar-refractivity contribution in [2.75, 3.05) is 11.1 Å². The van der Waals surface area contributed by atoms with Crippen LogP contribution in [0, 0.1) is 23.7 Å². The maximum Gasteiger partial charge on any atom is 0.222 e. The summed E-state index contributed by atoms with van der Waals surface area (Å²) in [5.41, 5.74) is 6.77. The van der Waals surface area contributed by atoms with Crippen molar-refractivity contribution in [1.29, 1.82) is 0 Å². The van der Waals surface area contributed by atoms with Crippen LogP contribution >= 0.6 is 0 Å². The molecule has 2 bridgehead atoms. The standard InChI is InChI=1S/C16H18N4/c17-16-18-11-4-2-1-3-10(11)15(20-16)19-14-12-8-5-6-9(7-8)13(12)14/h1-4,8-9,12-14H,5-7H2,(H3,17,18,19,20). The molecule has 3 aliphatic rings. The van der Waals surface area contributed by atoms with Gasteiger partial charge >= 0.3 is 0 Å². The lowest BCUT2D eigenvalue weighted by atomic mass is 10.0. The lowest BCUT2D eigenvalue weighted by molar-refractivity contribution is 0.456. The molecule has 5 rings (SSSR count). The van der Waals surface area contributed by atoms with Crippen LogP contribution in [-0.4, -0.2) is 16.0 Å². The van der Waals surface area contributed by atoms with Gasteiger partial charge in [-0.25, -0.2) is 4.98 Å². The summed E-state index contributed by atoms with van der Waals surface area (Å²) in [4.78, 5) is 8.74. The van der Waals surface area contributed by atoms with Gasteiger partial charge in [0.25, 0.3) is 0 Å². The van der Waals surface area contributed by atoms with Gasteiger partial charge in [0.1, 0.15) is 5.82 Å². The van der Waals surface area contributed by atoms with Gasteiger partial charge in [0.05, 0.1) is 5.52 Å². The molecular formula is C16H18N4. The molecule has 1 heterocycles. The molecule has 3 fully saturated rings. The van der Waals surface area contributed by atoms with Crippen LogP contribution in [0.15, 0.2) is 24.3 Å². The summed E-state index contributed by atoms with van der Waals surface area (Å²) >= 11 is 0. The highest BCUT2D eigenvalue weighted by atomic mass is 15.1. The van der Waals surface area contributed by atoms with Crippen molar-refractivity contribution in [2.45, 2.75) is 25.3 Å². The van der Waals surface area contributed by atoms with Gasteiger partial charge in [-0.2, -0.15) is 4.98 Å². The molecule has 2 aromatic rings. The van der Waals surface area contributed by atoms with Gasteiger partial charge in [0.15, 0.2) is 0 Å². The Hall–Kier alpha value is -1.84. The molecule has 4 unspecified atom stereocenters. The zero-order chi connectivity index (χ0) is 13.3. The number of nitrogen functional groups attached to an aromatic ring is 1. The highest BCUT2D eigenvalue weighted by molar-refractivity contribution is 5.90. The average molecular weight is 266 g/mol. The topological polar surface area (TPSA) is 63.8 Å². The molecule has 3 saturated carbocycles. The molecule has 1 aromatic carbocycles. The van der Waals surface area contributed by atoms with Crippen LogP contribution in [0.25, 0.3) is 10.9 Å². The summed E-state index contributed by atoms with van der Waals surface area (Å²) in [6.45, 7) is 0.